The number of benzene rings is 1. The molecule has 0 aliphatic rings. The van der Waals surface area contributed by atoms with Gasteiger partial charge in [0, 0.05) is 18.2 Å². The molecule has 3 aromatic rings. The Morgan fingerprint density at radius 3 is 2.33 bits per heavy atom. The second-order valence-corrected chi connectivity index (χ2v) is 4.42. The Hall–Kier alpha value is -2.54. The van der Waals surface area contributed by atoms with E-state index in [0.717, 1.165) is 0 Å². The molecule has 0 atom stereocenters. The zero-order valence-corrected chi connectivity index (χ0v) is 12.0. The van der Waals surface area contributed by atoms with Crippen LogP contribution in [0.1, 0.15) is 0 Å². The quantitative estimate of drug-likeness (QED) is 0.746. The molecule has 2 heterocycles. The summed E-state index contributed by atoms with van der Waals surface area (Å²) in [7, 11) is 3.13. The van der Waals surface area contributed by atoms with Crippen molar-refractivity contribution in [1.82, 2.24) is 20.2 Å². The number of hydrogen-bond acceptors (Lipinski definition) is 6. The number of hydrogen-bond donors (Lipinski definition) is 1. The second-order valence-electron chi connectivity index (χ2n) is 4.08. The van der Waals surface area contributed by atoms with Crippen molar-refractivity contribution < 1.29 is 14.2 Å². The minimum absolute atomic E-state index is 0.0663. The zero-order chi connectivity index (χ0) is 14.8. The standard InChI is InChI=1S/C13H11ClN4O3/c1-19-7-3-8(20-2)5-9(4-7)21-12-10-6-15-18-11(10)16-13(14)17-12/h3-6H,1-2H3,(H,15,16,17,18). The number of ether oxygens (including phenoxy) is 3. The normalized spacial score (nSPS) is 10.6. The van der Waals surface area contributed by atoms with Crippen LogP contribution in [0.2, 0.25) is 5.28 Å². The molecule has 0 amide bonds. The average molecular weight is 307 g/mol. The first-order chi connectivity index (χ1) is 10.2. The number of aromatic nitrogens is 4. The molecule has 0 spiro atoms. The molecule has 0 aliphatic carbocycles. The minimum atomic E-state index is 0.0663. The summed E-state index contributed by atoms with van der Waals surface area (Å²) >= 11 is 5.86. The van der Waals surface area contributed by atoms with Crippen LogP contribution in [0.5, 0.6) is 23.1 Å². The highest BCUT2D eigenvalue weighted by atomic mass is 35.5. The van der Waals surface area contributed by atoms with Crippen molar-refractivity contribution in [2.24, 2.45) is 0 Å². The van der Waals surface area contributed by atoms with Gasteiger partial charge in [0.25, 0.3) is 0 Å². The highest BCUT2D eigenvalue weighted by molar-refractivity contribution is 6.28. The lowest BCUT2D eigenvalue weighted by Gasteiger charge is -2.09. The van der Waals surface area contributed by atoms with Crippen LogP contribution in [-0.2, 0) is 0 Å². The first kappa shape index (κ1) is 13.4. The van der Waals surface area contributed by atoms with Crippen LogP contribution in [0.3, 0.4) is 0 Å². The maximum atomic E-state index is 5.86. The zero-order valence-electron chi connectivity index (χ0n) is 11.3. The Kier molecular flexibility index (Phi) is 3.49. The van der Waals surface area contributed by atoms with E-state index in [1.807, 2.05) is 0 Å². The molecular formula is C13H11ClN4O3. The molecule has 3 rings (SSSR count). The van der Waals surface area contributed by atoms with E-state index in [2.05, 4.69) is 20.2 Å². The van der Waals surface area contributed by atoms with Gasteiger partial charge in [0.05, 0.1) is 20.4 Å². The average Bonchev–Trinajstić information content (AvgIpc) is 2.95. The molecule has 0 radical (unpaired) electrons. The Morgan fingerprint density at radius 2 is 1.67 bits per heavy atom. The smallest absolute Gasteiger partial charge is 0.234 e. The number of halogens is 1. The van der Waals surface area contributed by atoms with Gasteiger partial charge < -0.3 is 14.2 Å². The summed E-state index contributed by atoms with van der Waals surface area (Å²) in [6, 6.07) is 5.17. The molecule has 1 N–H and O–H groups in total. The fourth-order valence-corrected chi connectivity index (χ4v) is 1.97. The number of H-pyrrole nitrogens is 1. The monoisotopic (exact) mass is 306 g/mol. The fraction of sp³-hybridized carbons (Fsp3) is 0.154. The van der Waals surface area contributed by atoms with Crippen LogP contribution >= 0.6 is 11.6 Å². The van der Waals surface area contributed by atoms with Crippen LogP contribution in [0, 0.1) is 0 Å². The van der Waals surface area contributed by atoms with Crippen LogP contribution in [0.25, 0.3) is 11.0 Å². The van der Waals surface area contributed by atoms with Gasteiger partial charge in [-0.25, -0.2) is 0 Å². The molecule has 108 valence electrons. The number of methoxy groups -OCH3 is 2. The van der Waals surface area contributed by atoms with E-state index in [0.29, 0.717) is 34.2 Å². The number of rotatable bonds is 4. The minimum Gasteiger partial charge on any atom is -0.496 e. The fourth-order valence-electron chi connectivity index (χ4n) is 1.81. The van der Waals surface area contributed by atoms with Crippen molar-refractivity contribution in [2.75, 3.05) is 14.2 Å². The predicted octanol–water partition coefficient (Wildman–Crippen LogP) is 2.82. The van der Waals surface area contributed by atoms with Crippen molar-refractivity contribution in [3.8, 4) is 23.1 Å². The van der Waals surface area contributed by atoms with E-state index >= 15 is 0 Å². The predicted molar refractivity (Wildman–Crippen MR) is 76.3 cm³/mol. The lowest BCUT2D eigenvalue weighted by atomic mass is 10.3. The second kappa shape index (κ2) is 5.45. The van der Waals surface area contributed by atoms with E-state index in [4.69, 9.17) is 25.8 Å². The molecule has 21 heavy (non-hydrogen) atoms. The topological polar surface area (TPSA) is 82.1 Å². The van der Waals surface area contributed by atoms with Crippen LogP contribution < -0.4 is 14.2 Å². The molecule has 2 aromatic heterocycles. The number of nitrogens with one attached hydrogen (secondary N) is 1. The molecular weight excluding hydrogens is 296 g/mol. The van der Waals surface area contributed by atoms with E-state index in [1.165, 1.54) is 0 Å². The number of aromatic amines is 1. The SMILES string of the molecule is COc1cc(OC)cc(Oc2nc(Cl)nc3[nH]ncc23)c1. The Bertz CT molecular complexity index is 768. The first-order valence-electron chi connectivity index (χ1n) is 5.97. The molecule has 0 aliphatic heterocycles. The molecule has 0 unspecified atom stereocenters. The summed E-state index contributed by atoms with van der Waals surface area (Å²) in [5.74, 6) is 2.01. The maximum Gasteiger partial charge on any atom is 0.234 e. The molecule has 0 bridgehead atoms. The summed E-state index contributed by atoms with van der Waals surface area (Å²) in [5.41, 5.74) is 0.500. The first-order valence-corrected chi connectivity index (χ1v) is 6.35. The van der Waals surface area contributed by atoms with Crippen molar-refractivity contribution in [3.63, 3.8) is 0 Å². The van der Waals surface area contributed by atoms with E-state index in [1.54, 1.807) is 38.6 Å². The molecule has 1 aromatic carbocycles. The van der Waals surface area contributed by atoms with Crippen LogP contribution in [0.15, 0.2) is 24.4 Å². The van der Waals surface area contributed by atoms with Crippen molar-refractivity contribution in [1.29, 1.82) is 0 Å². The van der Waals surface area contributed by atoms with Crippen LogP contribution in [-0.4, -0.2) is 34.4 Å². The van der Waals surface area contributed by atoms with Gasteiger partial charge in [0.1, 0.15) is 22.6 Å². The molecule has 0 saturated carbocycles. The lowest BCUT2D eigenvalue weighted by Crippen LogP contribution is -1.94. The van der Waals surface area contributed by atoms with Gasteiger partial charge in [0.15, 0.2) is 5.65 Å². The molecule has 0 saturated heterocycles. The van der Waals surface area contributed by atoms with Crippen molar-refractivity contribution in [2.45, 2.75) is 0 Å². The van der Waals surface area contributed by atoms with Gasteiger partial charge >= 0.3 is 0 Å². The van der Waals surface area contributed by atoms with Gasteiger partial charge in [-0.05, 0) is 11.6 Å². The third-order valence-corrected chi connectivity index (χ3v) is 2.96. The van der Waals surface area contributed by atoms with Gasteiger partial charge in [-0.3, -0.25) is 5.10 Å². The molecule has 7 nitrogen and oxygen atoms in total. The van der Waals surface area contributed by atoms with Gasteiger partial charge in [-0.2, -0.15) is 15.1 Å². The maximum absolute atomic E-state index is 5.86. The molecule has 0 fully saturated rings. The van der Waals surface area contributed by atoms with Crippen molar-refractivity contribution >= 4 is 22.6 Å². The lowest BCUT2D eigenvalue weighted by molar-refractivity contribution is 0.385. The van der Waals surface area contributed by atoms with Gasteiger partial charge in [-0.15, -0.1) is 0 Å². The highest BCUT2D eigenvalue weighted by Gasteiger charge is 2.12. The Balaban J connectivity index is 2.03. The Morgan fingerprint density at radius 1 is 1.00 bits per heavy atom. The summed E-state index contributed by atoms with van der Waals surface area (Å²) < 4.78 is 16.1. The van der Waals surface area contributed by atoms with Gasteiger partial charge in [0.2, 0.25) is 11.2 Å². The van der Waals surface area contributed by atoms with Gasteiger partial charge in [-0.1, -0.05) is 0 Å². The van der Waals surface area contributed by atoms with Crippen LogP contribution in [0.4, 0.5) is 0 Å². The summed E-state index contributed by atoms with van der Waals surface area (Å²) in [4.78, 5) is 8.08. The van der Waals surface area contributed by atoms with E-state index in [9.17, 15) is 0 Å². The third-order valence-electron chi connectivity index (χ3n) is 2.79. The molecule has 8 heteroatoms. The summed E-state index contributed by atoms with van der Waals surface area (Å²) in [6.07, 6.45) is 1.57. The third kappa shape index (κ3) is 2.68. The largest absolute Gasteiger partial charge is 0.496 e. The Labute approximate surface area is 124 Å². The van der Waals surface area contributed by atoms with Crippen molar-refractivity contribution in [3.05, 3.63) is 29.7 Å². The summed E-state index contributed by atoms with van der Waals surface area (Å²) in [5, 5.41) is 7.31. The van der Waals surface area contributed by atoms with E-state index in [-0.39, 0.29) is 5.28 Å². The number of fused-ring (bicyclic) bond motifs is 1. The number of nitrogens with zero attached hydrogens (tertiary/aromatic N) is 3. The highest BCUT2D eigenvalue weighted by Crippen LogP contribution is 2.32. The van der Waals surface area contributed by atoms with E-state index < -0.39 is 0 Å². The summed E-state index contributed by atoms with van der Waals surface area (Å²) in [6.45, 7) is 0.